The number of fused-ring (bicyclic) bond motifs is 1. The molecule has 32 heavy (non-hydrogen) atoms. The highest BCUT2D eigenvalue weighted by Crippen LogP contribution is 2.33. The number of rotatable bonds is 9. The van der Waals surface area contributed by atoms with Gasteiger partial charge in [0.2, 0.25) is 0 Å². The molecule has 3 aromatic rings. The number of aromatic nitrogens is 2. The molecule has 3 heterocycles. The summed E-state index contributed by atoms with van der Waals surface area (Å²) in [5.41, 5.74) is 8.80. The van der Waals surface area contributed by atoms with Crippen molar-refractivity contribution in [2.45, 2.75) is 52.0 Å². The Kier molecular flexibility index (Phi) is 7.43. The van der Waals surface area contributed by atoms with Crippen LogP contribution in [0.3, 0.4) is 0 Å². The summed E-state index contributed by atoms with van der Waals surface area (Å²) in [6.45, 7) is 6.90. The van der Waals surface area contributed by atoms with Crippen molar-refractivity contribution in [3.05, 3.63) is 52.9 Å². The molecule has 0 spiro atoms. The number of nitrogen functional groups attached to an aromatic ring is 1. The molecule has 6 heteroatoms. The maximum Gasteiger partial charge on any atom is 0.275 e. The van der Waals surface area contributed by atoms with Gasteiger partial charge in [-0.25, -0.2) is 4.98 Å². The van der Waals surface area contributed by atoms with E-state index in [9.17, 15) is 4.79 Å². The fourth-order valence-electron chi connectivity index (χ4n) is 4.54. The lowest BCUT2D eigenvalue weighted by atomic mass is 10.0. The normalized spacial score (nSPS) is 14.7. The van der Waals surface area contributed by atoms with Gasteiger partial charge in [-0.05, 0) is 68.6 Å². The van der Waals surface area contributed by atoms with Gasteiger partial charge in [0.25, 0.3) is 5.56 Å². The van der Waals surface area contributed by atoms with Crippen LogP contribution < -0.4 is 16.0 Å². The van der Waals surface area contributed by atoms with Crippen molar-refractivity contribution < 1.29 is 4.74 Å². The predicted octanol–water partition coefficient (Wildman–Crippen LogP) is 4.70. The van der Waals surface area contributed by atoms with Crippen molar-refractivity contribution in [1.82, 2.24) is 14.5 Å². The van der Waals surface area contributed by atoms with Crippen LogP contribution in [0, 0.1) is 0 Å². The van der Waals surface area contributed by atoms with E-state index in [1.807, 2.05) is 36.4 Å². The van der Waals surface area contributed by atoms with Gasteiger partial charge >= 0.3 is 0 Å². The average Bonchev–Trinajstić information content (AvgIpc) is 2.83. The fourth-order valence-corrected chi connectivity index (χ4v) is 4.54. The molecule has 1 aromatic carbocycles. The quantitative estimate of drug-likeness (QED) is 0.494. The van der Waals surface area contributed by atoms with Gasteiger partial charge in [0.15, 0.2) is 0 Å². The van der Waals surface area contributed by atoms with Crippen molar-refractivity contribution in [2.75, 3.05) is 32.0 Å². The third-order valence-electron chi connectivity index (χ3n) is 6.25. The number of ether oxygens (including phenoxy) is 1. The molecule has 2 N–H and O–H groups in total. The second-order valence-corrected chi connectivity index (χ2v) is 8.61. The predicted molar refractivity (Wildman–Crippen MR) is 131 cm³/mol. The number of nitrogens with two attached hydrogens (primary N) is 1. The number of benzene rings is 1. The van der Waals surface area contributed by atoms with Crippen molar-refractivity contribution in [2.24, 2.45) is 0 Å². The SMILES string of the molecule is CCCCn1c(=O)c(N)c(-c2cccc(OCCCN3CCCCC3)c2)c2cccnc21. The van der Waals surface area contributed by atoms with Crippen LogP contribution in [0.15, 0.2) is 47.4 Å². The highest BCUT2D eigenvalue weighted by molar-refractivity contribution is 5.99. The van der Waals surface area contributed by atoms with E-state index < -0.39 is 0 Å². The number of pyridine rings is 2. The topological polar surface area (TPSA) is 73.4 Å². The van der Waals surface area contributed by atoms with Gasteiger partial charge in [0.1, 0.15) is 17.1 Å². The van der Waals surface area contributed by atoms with Crippen LogP contribution in [0.25, 0.3) is 22.2 Å². The molecule has 1 aliphatic rings. The third kappa shape index (κ3) is 4.96. The Morgan fingerprint density at radius 1 is 1.06 bits per heavy atom. The van der Waals surface area contributed by atoms with E-state index in [-0.39, 0.29) is 11.2 Å². The molecule has 170 valence electrons. The zero-order valence-corrected chi connectivity index (χ0v) is 19.1. The maximum absolute atomic E-state index is 13.1. The molecule has 6 nitrogen and oxygen atoms in total. The van der Waals surface area contributed by atoms with Gasteiger partial charge in [0.05, 0.1) is 6.61 Å². The highest BCUT2D eigenvalue weighted by atomic mass is 16.5. The standard InChI is InChI=1S/C26H34N4O2/c1-2-3-17-30-25-22(12-8-13-28-25)23(24(27)26(30)31)20-10-7-11-21(19-20)32-18-9-16-29-14-5-4-6-15-29/h7-8,10-13,19H,2-6,9,14-18,27H2,1H3. The molecule has 0 bridgehead atoms. The highest BCUT2D eigenvalue weighted by Gasteiger charge is 2.17. The van der Waals surface area contributed by atoms with Gasteiger partial charge in [-0.1, -0.05) is 31.9 Å². The molecule has 0 unspecified atom stereocenters. The molecule has 2 aromatic heterocycles. The molecule has 1 aliphatic heterocycles. The number of aryl methyl sites for hydroxylation is 1. The summed E-state index contributed by atoms with van der Waals surface area (Å²) in [5, 5.41) is 0.892. The number of likely N-dealkylation sites (tertiary alicyclic amines) is 1. The maximum atomic E-state index is 13.1. The van der Waals surface area contributed by atoms with Crippen LogP contribution in [0.4, 0.5) is 5.69 Å². The van der Waals surface area contributed by atoms with E-state index in [4.69, 9.17) is 10.5 Å². The largest absolute Gasteiger partial charge is 0.494 e. The van der Waals surface area contributed by atoms with Gasteiger partial charge in [-0.3, -0.25) is 9.36 Å². The van der Waals surface area contributed by atoms with Crippen molar-refractivity contribution in [3.63, 3.8) is 0 Å². The monoisotopic (exact) mass is 434 g/mol. The molecule has 0 saturated carbocycles. The van der Waals surface area contributed by atoms with Crippen LogP contribution in [0.1, 0.15) is 45.4 Å². The number of hydrogen-bond donors (Lipinski definition) is 1. The molecule has 1 fully saturated rings. The summed E-state index contributed by atoms with van der Waals surface area (Å²) in [4.78, 5) is 20.1. The van der Waals surface area contributed by atoms with Gasteiger partial charge < -0.3 is 15.4 Å². The number of anilines is 1. The zero-order valence-electron chi connectivity index (χ0n) is 19.1. The van der Waals surface area contributed by atoms with E-state index in [2.05, 4.69) is 16.8 Å². The smallest absolute Gasteiger partial charge is 0.275 e. The number of nitrogens with zero attached hydrogens (tertiary/aromatic N) is 3. The Balaban J connectivity index is 1.56. The van der Waals surface area contributed by atoms with Crippen molar-refractivity contribution in [1.29, 1.82) is 0 Å². The molecular formula is C26H34N4O2. The summed E-state index contributed by atoms with van der Waals surface area (Å²) >= 11 is 0. The van der Waals surface area contributed by atoms with Crippen molar-refractivity contribution >= 4 is 16.7 Å². The summed E-state index contributed by atoms with van der Waals surface area (Å²) < 4.78 is 7.76. The summed E-state index contributed by atoms with van der Waals surface area (Å²) in [7, 11) is 0. The lowest BCUT2D eigenvalue weighted by molar-refractivity contribution is 0.205. The minimum Gasteiger partial charge on any atom is -0.494 e. The Morgan fingerprint density at radius 2 is 1.91 bits per heavy atom. The Morgan fingerprint density at radius 3 is 2.72 bits per heavy atom. The minimum atomic E-state index is -0.174. The van der Waals surface area contributed by atoms with Crippen LogP contribution >= 0.6 is 0 Å². The molecule has 0 radical (unpaired) electrons. The third-order valence-corrected chi connectivity index (χ3v) is 6.25. The minimum absolute atomic E-state index is 0.174. The Hall–Kier alpha value is -2.86. The molecule has 0 amide bonds. The van der Waals surface area contributed by atoms with E-state index >= 15 is 0 Å². The molecule has 0 aliphatic carbocycles. The summed E-state index contributed by atoms with van der Waals surface area (Å²) in [6.07, 6.45) is 8.62. The number of hydrogen-bond acceptors (Lipinski definition) is 5. The Bertz CT molecular complexity index is 1100. The Labute approximate surface area is 190 Å². The average molecular weight is 435 g/mol. The molecule has 0 atom stereocenters. The lowest BCUT2D eigenvalue weighted by Crippen LogP contribution is -2.31. The van der Waals surface area contributed by atoms with E-state index in [1.54, 1.807) is 10.8 Å². The number of unbranched alkanes of at least 4 members (excludes halogenated alkanes) is 1. The first-order chi connectivity index (χ1) is 15.7. The summed E-state index contributed by atoms with van der Waals surface area (Å²) in [5.74, 6) is 0.799. The van der Waals surface area contributed by atoms with E-state index in [1.165, 1.54) is 32.4 Å². The molecular weight excluding hydrogens is 400 g/mol. The lowest BCUT2D eigenvalue weighted by Gasteiger charge is -2.26. The first-order valence-corrected chi connectivity index (χ1v) is 11.9. The molecule has 4 rings (SSSR count). The van der Waals surface area contributed by atoms with E-state index in [0.717, 1.165) is 48.1 Å². The summed E-state index contributed by atoms with van der Waals surface area (Å²) in [6, 6.07) is 11.8. The zero-order chi connectivity index (χ0) is 22.3. The second-order valence-electron chi connectivity index (χ2n) is 8.61. The number of piperidine rings is 1. The first kappa shape index (κ1) is 22.3. The first-order valence-electron chi connectivity index (χ1n) is 11.9. The fraction of sp³-hybridized carbons (Fsp3) is 0.462. The van der Waals surface area contributed by atoms with Gasteiger partial charge in [0, 0.05) is 30.2 Å². The van der Waals surface area contributed by atoms with Crippen LogP contribution in [0.5, 0.6) is 5.75 Å². The van der Waals surface area contributed by atoms with Gasteiger partial charge in [-0.15, -0.1) is 0 Å². The van der Waals surface area contributed by atoms with Crippen LogP contribution in [-0.2, 0) is 6.54 Å². The second kappa shape index (κ2) is 10.6. The van der Waals surface area contributed by atoms with Crippen LogP contribution in [-0.4, -0.2) is 40.7 Å². The van der Waals surface area contributed by atoms with Crippen molar-refractivity contribution in [3.8, 4) is 16.9 Å². The van der Waals surface area contributed by atoms with Gasteiger partial charge in [-0.2, -0.15) is 0 Å². The van der Waals surface area contributed by atoms with E-state index in [0.29, 0.717) is 18.8 Å². The van der Waals surface area contributed by atoms with Crippen LogP contribution in [0.2, 0.25) is 0 Å². The molecule has 1 saturated heterocycles.